The molecule has 0 spiro atoms. The zero-order valence-corrected chi connectivity index (χ0v) is 14.3. The summed E-state index contributed by atoms with van der Waals surface area (Å²) >= 11 is 1.75. The van der Waals surface area contributed by atoms with Gasteiger partial charge in [-0.25, -0.2) is 4.79 Å². The largest absolute Gasteiger partial charge is 0.371 e. The van der Waals surface area contributed by atoms with Crippen LogP contribution in [0.1, 0.15) is 41.8 Å². The third-order valence-electron chi connectivity index (χ3n) is 4.02. The van der Waals surface area contributed by atoms with E-state index in [1.165, 1.54) is 10.4 Å². The predicted molar refractivity (Wildman–Crippen MR) is 89.0 cm³/mol. The number of rotatable bonds is 4. The molecule has 23 heavy (non-hydrogen) atoms. The van der Waals surface area contributed by atoms with E-state index in [2.05, 4.69) is 27.2 Å². The molecule has 124 valence electrons. The van der Waals surface area contributed by atoms with Crippen molar-refractivity contribution < 1.29 is 14.1 Å². The number of anilines is 1. The van der Waals surface area contributed by atoms with Crippen LogP contribution >= 0.6 is 11.3 Å². The second-order valence-corrected chi connectivity index (χ2v) is 6.65. The van der Waals surface area contributed by atoms with Crippen molar-refractivity contribution in [3.63, 3.8) is 0 Å². The summed E-state index contributed by atoms with van der Waals surface area (Å²) < 4.78 is 11.0. The Morgan fingerprint density at radius 2 is 2.39 bits per heavy atom. The van der Waals surface area contributed by atoms with Crippen LogP contribution in [-0.4, -0.2) is 23.8 Å². The molecule has 7 heteroatoms. The number of nitrogens with zero attached hydrogens (tertiary/aromatic N) is 1. The highest BCUT2D eigenvalue weighted by molar-refractivity contribution is 7.10. The molecule has 0 fully saturated rings. The summed E-state index contributed by atoms with van der Waals surface area (Å²) in [6, 6.07) is 1.68. The summed E-state index contributed by atoms with van der Waals surface area (Å²) in [7, 11) is 0. The van der Waals surface area contributed by atoms with Gasteiger partial charge in [-0.1, -0.05) is 12.1 Å². The number of ether oxygens (including phenoxy) is 1. The number of carbonyl (C=O) groups is 1. The van der Waals surface area contributed by atoms with Crippen LogP contribution < -0.4 is 10.6 Å². The summed E-state index contributed by atoms with van der Waals surface area (Å²) in [6.07, 6.45) is 1.52. The highest BCUT2D eigenvalue weighted by Crippen LogP contribution is 2.33. The molecule has 0 bridgehead atoms. The second kappa shape index (κ2) is 6.72. The van der Waals surface area contributed by atoms with Crippen molar-refractivity contribution in [2.45, 2.75) is 45.8 Å². The Labute approximate surface area is 139 Å². The Kier molecular flexibility index (Phi) is 4.68. The molecule has 2 unspecified atom stereocenters. The van der Waals surface area contributed by atoms with Crippen LogP contribution in [0.2, 0.25) is 0 Å². The van der Waals surface area contributed by atoms with Gasteiger partial charge in [-0.3, -0.25) is 0 Å². The maximum Gasteiger partial charge on any atom is 0.319 e. The Bertz CT molecular complexity index is 695. The molecule has 2 N–H and O–H groups in total. The van der Waals surface area contributed by atoms with Crippen molar-refractivity contribution in [2.75, 3.05) is 11.9 Å². The van der Waals surface area contributed by atoms with E-state index in [9.17, 15) is 4.79 Å². The average molecular weight is 335 g/mol. The predicted octanol–water partition coefficient (Wildman–Crippen LogP) is 3.43. The molecule has 2 atom stereocenters. The maximum absolute atomic E-state index is 12.3. The van der Waals surface area contributed by atoms with Gasteiger partial charge in [0, 0.05) is 17.7 Å². The fourth-order valence-electron chi connectivity index (χ4n) is 2.84. The van der Waals surface area contributed by atoms with E-state index in [-0.39, 0.29) is 18.2 Å². The van der Waals surface area contributed by atoms with Crippen LogP contribution in [0.4, 0.5) is 10.5 Å². The molecule has 0 aliphatic carbocycles. The first-order valence-electron chi connectivity index (χ1n) is 7.80. The lowest BCUT2D eigenvalue weighted by molar-refractivity contribution is 0.0238. The molecular formula is C16H21N3O3S. The van der Waals surface area contributed by atoms with Gasteiger partial charge in [0.25, 0.3) is 0 Å². The quantitative estimate of drug-likeness (QED) is 0.897. The molecule has 2 aromatic heterocycles. The lowest BCUT2D eigenvalue weighted by Crippen LogP contribution is -2.41. The molecule has 0 radical (unpaired) electrons. The highest BCUT2D eigenvalue weighted by atomic mass is 32.1. The van der Waals surface area contributed by atoms with Crippen molar-refractivity contribution in [3.8, 4) is 0 Å². The van der Waals surface area contributed by atoms with Crippen LogP contribution in [0, 0.1) is 6.92 Å². The number of aromatic nitrogens is 1. The van der Waals surface area contributed by atoms with E-state index in [1.54, 1.807) is 11.3 Å². The molecule has 1 aliphatic rings. The van der Waals surface area contributed by atoms with Gasteiger partial charge >= 0.3 is 6.03 Å². The van der Waals surface area contributed by atoms with Gasteiger partial charge in [0.1, 0.15) is 17.5 Å². The minimum atomic E-state index is -0.274. The topological polar surface area (TPSA) is 76.4 Å². The number of thiophene rings is 1. The van der Waals surface area contributed by atoms with Gasteiger partial charge < -0.3 is 19.9 Å². The van der Waals surface area contributed by atoms with Crippen LogP contribution in [0.25, 0.3) is 0 Å². The van der Waals surface area contributed by atoms with Crippen molar-refractivity contribution in [1.29, 1.82) is 0 Å². The minimum absolute atomic E-state index is 0.107. The summed E-state index contributed by atoms with van der Waals surface area (Å²) in [5, 5.41) is 11.8. The molecular weight excluding hydrogens is 314 g/mol. The highest BCUT2D eigenvalue weighted by Gasteiger charge is 2.28. The number of fused-ring (bicyclic) bond motifs is 1. The average Bonchev–Trinajstić information content (AvgIpc) is 3.14. The van der Waals surface area contributed by atoms with E-state index >= 15 is 0 Å². The van der Waals surface area contributed by atoms with E-state index in [1.807, 2.05) is 20.8 Å². The van der Waals surface area contributed by atoms with Gasteiger partial charge in [-0.2, -0.15) is 0 Å². The van der Waals surface area contributed by atoms with Crippen LogP contribution in [-0.2, 0) is 17.6 Å². The smallest absolute Gasteiger partial charge is 0.319 e. The zero-order valence-electron chi connectivity index (χ0n) is 13.5. The Morgan fingerprint density at radius 3 is 3.17 bits per heavy atom. The first-order chi connectivity index (χ1) is 11.1. The Balaban J connectivity index is 1.66. The molecule has 2 aromatic rings. The van der Waals surface area contributed by atoms with Crippen molar-refractivity contribution in [3.05, 3.63) is 33.3 Å². The van der Waals surface area contributed by atoms with E-state index < -0.39 is 0 Å². The first-order valence-corrected chi connectivity index (χ1v) is 8.68. The number of hydrogen-bond acceptors (Lipinski definition) is 5. The van der Waals surface area contributed by atoms with Crippen molar-refractivity contribution in [1.82, 2.24) is 10.5 Å². The summed E-state index contributed by atoms with van der Waals surface area (Å²) in [5.41, 5.74) is 2.51. The number of nitrogens with one attached hydrogen (secondary N) is 2. The van der Waals surface area contributed by atoms with E-state index in [0.29, 0.717) is 30.2 Å². The van der Waals surface area contributed by atoms with Gasteiger partial charge in [-0.05, 0) is 30.9 Å². The normalized spacial score (nSPS) is 18.3. The number of hydrogen-bond donors (Lipinski definition) is 2. The van der Waals surface area contributed by atoms with Crippen molar-refractivity contribution in [2.24, 2.45) is 0 Å². The number of urea groups is 1. The lowest BCUT2D eigenvalue weighted by atomic mass is 10.0. The molecule has 0 saturated carbocycles. The van der Waals surface area contributed by atoms with Gasteiger partial charge in [0.05, 0.1) is 12.6 Å². The number of amides is 2. The molecule has 6 nitrogen and oxygen atoms in total. The second-order valence-electron chi connectivity index (χ2n) is 5.65. The Hall–Kier alpha value is -1.86. The number of aryl methyl sites for hydroxylation is 2. The third-order valence-corrected chi connectivity index (χ3v) is 5.02. The molecule has 1 aliphatic heterocycles. The van der Waals surface area contributed by atoms with Crippen LogP contribution in [0.15, 0.2) is 16.0 Å². The monoisotopic (exact) mass is 335 g/mol. The third kappa shape index (κ3) is 3.25. The molecule has 3 heterocycles. The van der Waals surface area contributed by atoms with E-state index in [4.69, 9.17) is 9.26 Å². The molecule has 0 aromatic carbocycles. The van der Waals surface area contributed by atoms with E-state index in [0.717, 1.165) is 6.42 Å². The molecule has 2 amide bonds. The standard InChI is InChI=1S/C16H21N3O3S/c1-4-12-14(9(2)19-22-12)18-16(20)17-10(3)15-11-6-8-23-13(11)5-7-21-15/h6,8,10,15H,4-5,7H2,1-3H3,(H2,17,18,20). The van der Waals surface area contributed by atoms with Crippen LogP contribution in [0.3, 0.4) is 0 Å². The fourth-order valence-corrected chi connectivity index (χ4v) is 3.74. The summed E-state index contributed by atoms with van der Waals surface area (Å²) in [4.78, 5) is 13.6. The minimum Gasteiger partial charge on any atom is -0.371 e. The van der Waals surface area contributed by atoms with Crippen LogP contribution in [0.5, 0.6) is 0 Å². The lowest BCUT2D eigenvalue weighted by Gasteiger charge is -2.29. The molecule has 3 rings (SSSR count). The molecule has 0 saturated heterocycles. The van der Waals surface area contributed by atoms with Gasteiger partial charge in [0.15, 0.2) is 5.76 Å². The SMILES string of the molecule is CCc1onc(C)c1NC(=O)NC(C)C1OCCc2sccc21. The first kappa shape index (κ1) is 16.0. The summed E-state index contributed by atoms with van der Waals surface area (Å²) in [6.45, 7) is 6.41. The summed E-state index contributed by atoms with van der Waals surface area (Å²) in [5.74, 6) is 0.680. The Morgan fingerprint density at radius 1 is 1.57 bits per heavy atom. The van der Waals surface area contributed by atoms with Gasteiger partial charge in [0.2, 0.25) is 0 Å². The number of carbonyl (C=O) groups excluding carboxylic acids is 1. The maximum atomic E-state index is 12.3. The fraction of sp³-hybridized carbons (Fsp3) is 0.500. The van der Waals surface area contributed by atoms with Crippen molar-refractivity contribution >= 4 is 23.1 Å². The van der Waals surface area contributed by atoms with Gasteiger partial charge in [-0.15, -0.1) is 11.3 Å². The zero-order chi connectivity index (χ0) is 16.4.